The fraction of sp³-hybridized carbons (Fsp3) is 0.263. The van der Waals surface area contributed by atoms with Gasteiger partial charge >= 0.3 is 0 Å². The molecule has 0 bridgehead atoms. The lowest BCUT2D eigenvalue weighted by molar-refractivity contribution is 0.576. The second kappa shape index (κ2) is 7.67. The number of rotatable bonds is 2. The van der Waals surface area contributed by atoms with Crippen molar-refractivity contribution in [1.29, 1.82) is 0 Å². The van der Waals surface area contributed by atoms with Crippen LogP contribution in [-0.2, 0) is 0 Å². The Bertz CT molecular complexity index is 872. The van der Waals surface area contributed by atoms with E-state index in [4.69, 9.17) is 0 Å². The van der Waals surface area contributed by atoms with Gasteiger partial charge in [-0.2, -0.15) is 4.39 Å². The molecule has 2 aromatic heterocycles. The Morgan fingerprint density at radius 3 is 2.80 bits per heavy atom. The van der Waals surface area contributed by atoms with E-state index < -0.39 is 5.95 Å². The second-order valence-electron chi connectivity index (χ2n) is 5.79. The Labute approximate surface area is 145 Å². The van der Waals surface area contributed by atoms with Crippen LogP contribution in [0.25, 0.3) is 0 Å². The molecule has 0 radical (unpaired) electrons. The van der Waals surface area contributed by atoms with Gasteiger partial charge in [0.25, 0.3) is 0 Å². The first-order chi connectivity index (χ1) is 12.2. The Balaban J connectivity index is 1.65. The van der Waals surface area contributed by atoms with Gasteiger partial charge in [0.05, 0.1) is 5.56 Å². The van der Waals surface area contributed by atoms with E-state index in [-0.39, 0.29) is 0 Å². The number of nitroso groups, excluding NO2 is 1. The van der Waals surface area contributed by atoms with Gasteiger partial charge in [-0.25, -0.2) is 9.97 Å². The predicted octanol–water partition coefficient (Wildman–Crippen LogP) is 3.90. The molecule has 2 aromatic rings. The maximum atomic E-state index is 13.6. The number of anilines is 1. The summed E-state index contributed by atoms with van der Waals surface area (Å²) >= 11 is 0. The largest absolute Gasteiger partial charge is 0.354 e. The first-order valence-corrected chi connectivity index (χ1v) is 8.03. The minimum Gasteiger partial charge on any atom is -0.354 e. The van der Waals surface area contributed by atoms with Crippen LogP contribution in [0.4, 0.5) is 15.9 Å². The summed E-state index contributed by atoms with van der Waals surface area (Å²) in [5.74, 6) is 5.80. The molecular formula is C19H17FN4O. The zero-order valence-electron chi connectivity index (χ0n) is 13.9. The minimum absolute atomic E-state index is 0.301. The van der Waals surface area contributed by atoms with E-state index in [1.54, 1.807) is 37.4 Å². The summed E-state index contributed by atoms with van der Waals surface area (Å²) in [6.07, 6.45) is 5.13. The van der Waals surface area contributed by atoms with E-state index in [0.29, 0.717) is 22.8 Å². The number of piperidine rings is 1. The van der Waals surface area contributed by atoms with Crippen molar-refractivity contribution in [3.63, 3.8) is 0 Å². The maximum Gasteiger partial charge on any atom is 0.228 e. The quantitative estimate of drug-likeness (QED) is 0.474. The summed E-state index contributed by atoms with van der Waals surface area (Å²) in [7, 11) is 0. The molecule has 0 N–H and O–H groups in total. The first kappa shape index (κ1) is 16.8. The van der Waals surface area contributed by atoms with Gasteiger partial charge in [0, 0.05) is 25.0 Å². The van der Waals surface area contributed by atoms with Crippen LogP contribution < -0.4 is 4.90 Å². The number of hydrogen-bond acceptors (Lipinski definition) is 5. The van der Waals surface area contributed by atoms with Gasteiger partial charge in [-0.1, -0.05) is 17.4 Å². The van der Waals surface area contributed by atoms with Gasteiger partial charge in [-0.15, -0.1) is 4.91 Å². The molecule has 0 amide bonds. The van der Waals surface area contributed by atoms with Crippen LogP contribution in [-0.4, -0.2) is 23.1 Å². The van der Waals surface area contributed by atoms with Crippen molar-refractivity contribution in [2.24, 2.45) is 5.18 Å². The van der Waals surface area contributed by atoms with Crippen LogP contribution in [0.1, 0.15) is 24.1 Å². The second-order valence-corrected chi connectivity index (χ2v) is 5.79. The number of pyridine rings is 2. The Hall–Kier alpha value is -3.07. The van der Waals surface area contributed by atoms with Crippen LogP contribution in [0.5, 0.6) is 0 Å². The van der Waals surface area contributed by atoms with E-state index in [0.717, 1.165) is 25.9 Å². The molecule has 1 fully saturated rings. The molecule has 126 valence electrons. The standard InChI is InChI=1S/C19H17FN4O/c1-14-7-8-16(18(20)22-14)5-2-4-15-9-12-24(13-10-15)19-17(23-25)6-3-11-21-19/h3-4,6-8,11H,9-10,12-13H2,1H3. The lowest BCUT2D eigenvalue weighted by Crippen LogP contribution is -2.31. The lowest BCUT2D eigenvalue weighted by atomic mass is 10.0. The van der Waals surface area contributed by atoms with Gasteiger partial charge in [-0.3, -0.25) is 0 Å². The Morgan fingerprint density at radius 2 is 2.08 bits per heavy atom. The molecule has 1 aliphatic rings. The average molecular weight is 336 g/mol. The number of nitrogens with zero attached hydrogens (tertiary/aromatic N) is 4. The number of aryl methyl sites for hydroxylation is 1. The number of hydrogen-bond donors (Lipinski definition) is 0. The lowest BCUT2D eigenvalue weighted by Gasteiger charge is -2.29. The van der Waals surface area contributed by atoms with Crippen molar-refractivity contribution in [1.82, 2.24) is 9.97 Å². The molecule has 3 heterocycles. The summed E-state index contributed by atoms with van der Waals surface area (Å²) in [5, 5.41) is 3.03. The zero-order valence-corrected chi connectivity index (χ0v) is 13.9. The molecular weight excluding hydrogens is 319 g/mol. The molecule has 0 aromatic carbocycles. The van der Waals surface area contributed by atoms with Crippen LogP contribution in [0.3, 0.4) is 0 Å². The highest BCUT2D eigenvalue weighted by atomic mass is 19.1. The highest BCUT2D eigenvalue weighted by Crippen LogP contribution is 2.28. The molecule has 0 unspecified atom stereocenters. The third-order valence-electron chi connectivity index (χ3n) is 4.04. The van der Waals surface area contributed by atoms with Crippen molar-refractivity contribution in [2.45, 2.75) is 19.8 Å². The maximum absolute atomic E-state index is 13.6. The SMILES string of the molecule is Cc1ccc(C#CC=C2CCN(c3ncccc3N=O)CC2)c(F)n1. The van der Waals surface area contributed by atoms with Crippen LogP contribution in [0.15, 0.2) is 47.3 Å². The molecule has 0 aliphatic carbocycles. The number of aromatic nitrogens is 2. The molecule has 6 heteroatoms. The molecule has 1 saturated heterocycles. The molecule has 5 nitrogen and oxygen atoms in total. The topological polar surface area (TPSA) is 58.5 Å². The third-order valence-corrected chi connectivity index (χ3v) is 4.04. The van der Waals surface area contributed by atoms with Crippen molar-refractivity contribution >= 4 is 11.5 Å². The Morgan fingerprint density at radius 1 is 1.28 bits per heavy atom. The van der Waals surface area contributed by atoms with Crippen LogP contribution in [0, 0.1) is 29.6 Å². The van der Waals surface area contributed by atoms with Gasteiger partial charge in [-0.05, 0) is 55.3 Å². The van der Waals surface area contributed by atoms with Crippen molar-refractivity contribution in [3.8, 4) is 11.8 Å². The van der Waals surface area contributed by atoms with Crippen molar-refractivity contribution in [2.75, 3.05) is 18.0 Å². The smallest absolute Gasteiger partial charge is 0.228 e. The van der Waals surface area contributed by atoms with Crippen LogP contribution in [0.2, 0.25) is 0 Å². The molecule has 0 spiro atoms. The number of allylic oxidation sites excluding steroid dienone is 1. The van der Waals surface area contributed by atoms with Gasteiger partial charge in [0.1, 0.15) is 5.69 Å². The summed E-state index contributed by atoms with van der Waals surface area (Å²) in [4.78, 5) is 20.9. The fourth-order valence-corrected chi connectivity index (χ4v) is 2.69. The van der Waals surface area contributed by atoms with E-state index in [1.165, 1.54) is 5.57 Å². The fourth-order valence-electron chi connectivity index (χ4n) is 2.69. The van der Waals surface area contributed by atoms with E-state index >= 15 is 0 Å². The third kappa shape index (κ3) is 4.07. The van der Waals surface area contributed by atoms with Crippen LogP contribution >= 0.6 is 0 Å². The van der Waals surface area contributed by atoms with E-state index in [9.17, 15) is 9.30 Å². The van der Waals surface area contributed by atoms with Gasteiger partial charge in [0.15, 0.2) is 5.82 Å². The number of halogens is 1. The molecule has 1 aliphatic heterocycles. The zero-order chi connectivity index (χ0) is 17.6. The van der Waals surface area contributed by atoms with Crippen molar-refractivity contribution < 1.29 is 4.39 Å². The first-order valence-electron chi connectivity index (χ1n) is 8.03. The predicted molar refractivity (Wildman–Crippen MR) is 95.0 cm³/mol. The molecule has 25 heavy (non-hydrogen) atoms. The monoisotopic (exact) mass is 336 g/mol. The highest BCUT2D eigenvalue weighted by molar-refractivity contribution is 5.61. The summed E-state index contributed by atoms with van der Waals surface area (Å²) in [6, 6.07) is 6.74. The molecule has 0 atom stereocenters. The molecule has 3 rings (SSSR count). The summed E-state index contributed by atoms with van der Waals surface area (Å²) in [5.41, 5.74) is 2.49. The van der Waals surface area contributed by atoms with Gasteiger partial charge in [0.2, 0.25) is 5.95 Å². The molecule has 0 saturated carbocycles. The van der Waals surface area contributed by atoms with E-state index in [1.807, 2.05) is 11.0 Å². The van der Waals surface area contributed by atoms with Crippen molar-refractivity contribution in [3.05, 3.63) is 64.2 Å². The summed E-state index contributed by atoms with van der Waals surface area (Å²) < 4.78 is 13.6. The van der Waals surface area contributed by atoms with E-state index in [2.05, 4.69) is 27.0 Å². The average Bonchev–Trinajstić information content (AvgIpc) is 2.64. The summed E-state index contributed by atoms with van der Waals surface area (Å²) in [6.45, 7) is 3.23. The normalized spacial score (nSPS) is 13.8. The van der Waals surface area contributed by atoms with Gasteiger partial charge < -0.3 is 4.90 Å². The minimum atomic E-state index is -0.537. The Kier molecular flexibility index (Phi) is 5.14. The highest BCUT2D eigenvalue weighted by Gasteiger charge is 2.18.